The van der Waals surface area contributed by atoms with E-state index < -0.39 is 17.7 Å². The Morgan fingerprint density at radius 1 is 1.30 bits per heavy atom. The lowest BCUT2D eigenvalue weighted by Crippen LogP contribution is -2.26. The van der Waals surface area contributed by atoms with Crippen LogP contribution in [0.4, 0.5) is 14.7 Å². The number of benzene rings is 1. The summed E-state index contributed by atoms with van der Waals surface area (Å²) in [5.41, 5.74) is 0.0652. The molecule has 0 amide bonds. The van der Waals surface area contributed by atoms with Crippen molar-refractivity contribution in [2.45, 2.75) is 32.2 Å². The van der Waals surface area contributed by atoms with Crippen LogP contribution in [-0.4, -0.2) is 21.3 Å². The summed E-state index contributed by atoms with van der Waals surface area (Å²) in [6.07, 6.45) is 0.575. The highest BCUT2D eigenvalue weighted by Crippen LogP contribution is 2.32. The van der Waals surface area contributed by atoms with Gasteiger partial charge < -0.3 is 5.32 Å². The molecule has 1 aromatic heterocycles. The fourth-order valence-corrected chi connectivity index (χ4v) is 2.46. The lowest BCUT2D eigenvalue weighted by atomic mass is 10.0. The summed E-state index contributed by atoms with van der Waals surface area (Å²) in [7, 11) is 0. The summed E-state index contributed by atoms with van der Waals surface area (Å²) in [6.45, 7) is 4.59. The summed E-state index contributed by atoms with van der Waals surface area (Å²) < 4.78 is 29.5. The van der Waals surface area contributed by atoms with Gasteiger partial charge in [0.05, 0.1) is 6.04 Å². The molecule has 1 aliphatic heterocycles. The summed E-state index contributed by atoms with van der Waals surface area (Å²) in [4.78, 5) is 4.38. The maximum absolute atomic E-state index is 14.0. The van der Waals surface area contributed by atoms with E-state index in [1.807, 2.05) is 13.8 Å². The molecule has 2 aromatic rings. The van der Waals surface area contributed by atoms with Crippen molar-refractivity contribution >= 4 is 5.95 Å². The maximum atomic E-state index is 14.0. The van der Waals surface area contributed by atoms with Crippen LogP contribution in [0.25, 0.3) is 0 Å². The van der Waals surface area contributed by atoms with Crippen LogP contribution in [0.15, 0.2) is 18.2 Å². The lowest BCUT2D eigenvalue weighted by molar-refractivity contribution is 0.430. The number of aromatic nitrogens is 3. The van der Waals surface area contributed by atoms with Crippen LogP contribution in [-0.2, 0) is 0 Å². The van der Waals surface area contributed by atoms with Gasteiger partial charge in [0.25, 0.3) is 0 Å². The Kier molecular flexibility index (Phi) is 3.16. The molecule has 4 nitrogen and oxygen atoms in total. The minimum absolute atomic E-state index is 0.0652. The molecule has 1 N–H and O–H groups in total. The van der Waals surface area contributed by atoms with Crippen LogP contribution in [0.3, 0.4) is 0 Å². The van der Waals surface area contributed by atoms with E-state index in [0.717, 1.165) is 0 Å². The average molecular weight is 278 g/mol. The Hall–Kier alpha value is -1.98. The Morgan fingerprint density at radius 3 is 2.65 bits per heavy atom. The van der Waals surface area contributed by atoms with Gasteiger partial charge in [0.2, 0.25) is 5.95 Å². The molecule has 3 rings (SSSR count). The first-order valence-electron chi connectivity index (χ1n) is 6.72. The van der Waals surface area contributed by atoms with Crippen molar-refractivity contribution in [1.29, 1.82) is 0 Å². The first-order chi connectivity index (χ1) is 9.58. The van der Waals surface area contributed by atoms with Gasteiger partial charge in [0.1, 0.15) is 11.6 Å². The Labute approximate surface area is 115 Å². The third-order valence-electron chi connectivity index (χ3n) is 3.49. The third kappa shape index (κ3) is 2.05. The number of nitrogens with zero attached hydrogens (tertiary/aromatic N) is 3. The van der Waals surface area contributed by atoms with E-state index in [2.05, 4.69) is 15.4 Å². The monoisotopic (exact) mass is 278 g/mol. The molecule has 20 heavy (non-hydrogen) atoms. The summed E-state index contributed by atoms with van der Waals surface area (Å²) in [6, 6.07) is 3.48. The molecule has 1 unspecified atom stereocenters. The van der Waals surface area contributed by atoms with E-state index in [4.69, 9.17) is 0 Å². The highest BCUT2D eigenvalue weighted by molar-refractivity contribution is 5.34. The van der Waals surface area contributed by atoms with E-state index in [0.29, 0.717) is 24.7 Å². The summed E-state index contributed by atoms with van der Waals surface area (Å²) in [5.74, 6) is 0.346. The number of hydrogen-bond acceptors (Lipinski definition) is 3. The van der Waals surface area contributed by atoms with Gasteiger partial charge >= 0.3 is 0 Å². The lowest BCUT2D eigenvalue weighted by Gasteiger charge is -2.25. The zero-order valence-electron chi connectivity index (χ0n) is 11.4. The van der Waals surface area contributed by atoms with Gasteiger partial charge in [0, 0.05) is 18.0 Å². The number of rotatable bonds is 2. The Balaban J connectivity index is 2.10. The van der Waals surface area contributed by atoms with Gasteiger partial charge in [-0.1, -0.05) is 19.9 Å². The summed E-state index contributed by atoms with van der Waals surface area (Å²) >= 11 is 0. The number of nitrogens with one attached hydrogen (secondary N) is 1. The summed E-state index contributed by atoms with van der Waals surface area (Å²) in [5, 5.41) is 7.52. The topological polar surface area (TPSA) is 42.7 Å². The zero-order valence-corrected chi connectivity index (χ0v) is 11.4. The smallest absolute Gasteiger partial charge is 0.221 e. The number of anilines is 1. The molecular formula is C14H16F2N4. The molecule has 1 atom stereocenters. The molecule has 6 heteroatoms. The molecule has 1 aromatic carbocycles. The first kappa shape index (κ1) is 13.0. The third-order valence-corrected chi connectivity index (χ3v) is 3.49. The predicted molar refractivity (Wildman–Crippen MR) is 71.7 cm³/mol. The molecule has 106 valence electrons. The van der Waals surface area contributed by atoms with Crippen molar-refractivity contribution in [2.75, 3.05) is 11.9 Å². The first-order valence-corrected chi connectivity index (χ1v) is 6.72. The van der Waals surface area contributed by atoms with Crippen LogP contribution in [0.2, 0.25) is 0 Å². The maximum Gasteiger partial charge on any atom is 0.221 e. The van der Waals surface area contributed by atoms with Gasteiger partial charge in [-0.05, 0) is 18.6 Å². The molecule has 1 aliphatic rings. The fraction of sp³-hybridized carbons (Fsp3) is 0.429. The average Bonchev–Trinajstić information content (AvgIpc) is 2.83. The molecule has 0 fully saturated rings. The second-order valence-electron chi connectivity index (χ2n) is 5.26. The molecule has 0 spiro atoms. The highest BCUT2D eigenvalue weighted by Gasteiger charge is 2.29. The SMILES string of the molecule is CC(C)c1nc2n(n1)C(c1c(F)cccc1F)CCN2. The van der Waals surface area contributed by atoms with Gasteiger partial charge in [-0.2, -0.15) is 10.1 Å². The van der Waals surface area contributed by atoms with Gasteiger partial charge in [-0.25, -0.2) is 13.5 Å². The fourth-order valence-electron chi connectivity index (χ4n) is 2.46. The second-order valence-corrected chi connectivity index (χ2v) is 5.26. The van der Waals surface area contributed by atoms with Crippen LogP contribution in [0.1, 0.15) is 43.6 Å². The molecule has 0 bridgehead atoms. The van der Waals surface area contributed by atoms with Gasteiger partial charge in [-0.15, -0.1) is 0 Å². The minimum Gasteiger partial charge on any atom is -0.354 e. The Bertz CT molecular complexity index is 616. The van der Waals surface area contributed by atoms with E-state index >= 15 is 0 Å². The van der Waals surface area contributed by atoms with Crippen LogP contribution in [0.5, 0.6) is 0 Å². The van der Waals surface area contributed by atoms with E-state index in [1.54, 1.807) is 4.68 Å². The molecule has 0 radical (unpaired) electrons. The molecule has 0 saturated carbocycles. The van der Waals surface area contributed by atoms with E-state index in [-0.39, 0.29) is 11.5 Å². The van der Waals surface area contributed by atoms with E-state index in [1.165, 1.54) is 18.2 Å². The van der Waals surface area contributed by atoms with Crippen LogP contribution in [0, 0.1) is 11.6 Å². The van der Waals surface area contributed by atoms with Crippen molar-refractivity contribution < 1.29 is 8.78 Å². The van der Waals surface area contributed by atoms with Gasteiger partial charge in [-0.3, -0.25) is 0 Å². The van der Waals surface area contributed by atoms with E-state index in [9.17, 15) is 8.78 Å². The van der Waals surface area contributed by atoms with Crippen LogP contribution >= 0.6 is 0 Å². The van der Waals surface area contributed by atoms with Gasteiger partial charge in [0.15, 0.2) is 5.82 Å². The molecule has 0 aliphatic carbocycles. The van der Waals surface area contributed by atoms with Crippen molar-refractivity contribution in [3.63, 3.8) is 0 Å². The number of halogens is 2. The van der Waals surface area contributed by atoms with Crippen LogP contribution < -0.4 is 5.32 Å². The Morgan fingerprint density at radius 2 is 2.00 bits per heavy atom. The largest absolute Gasteiger partial charge is 0.354 e. The van der Waals surface area contributed by atoms with Crippen molar-refractivity contribution in [2.24, 2.45) is 0 Å². The quantitative estimate of drug-likeness (QED) is 0.918. The van der Waals surface area contributed by atoms with Crippen molar-refractivity contribution in [3.8, 4) is 0 Å². The number of fused-ring (bicyclic) bond motifs is 1. The normalized spacial score (nSPS) is 17.9. The minimum atomic E-state index is -0.538. The molecule has 2 heterocycles. The molecule has 0 saturated heterocycles. The predicted octanol–water partition coefficient (Wildman–Crippen LogP) is 3.08. The standard InChI is InChI=1S/C14H16F2N4/c1-8(2)13-18-14-17-7-6-11(20(14)19-13)12-9(15)4-3-5-10(12)16/h3-5,8,11H,6-7H2,1-2H3,(H,17,18,19). The highest BCUT2D eigenvalue weighted by atomic mass is 19.1. The second kappa shape index (κ2) is 4.85. The van der Waals surface area contributed by atoms with Crippen molar-refractivity contribution in [3.05, 3.63) is 41.2 Å². The zero-order chi connectivity index (χ0) is 14.3. The number of hydrogen-bond donors (Lipinski definition) is 1. The van der Waals surface area contributed by atoms with Crippen molar-refractivity contribution in [1.82, 2.24) is 14.8 Å². The molecular weight excluding hydrogens is 262 g/mol.